The summed E-state index contributed by atoms with van der Waals surface area (Å²) in [5, 5.41) is 3.87. The molecule has 1 heterocycles. The van der Waals surface area contributed by atoms with Crippen LogP contribution in [0.2, 0.25) is 0 Å². The third kappa shape index (κ3) is 2.92. The van der Waals surface area contributed by atoms with Crippen molar-refractivity contribution in [1.82, 2.24) is 5.32 Å². The first-order valence-electron chi connectivity index (χ1n) is 8.80. The molecule has 1 spiro atoms. The topological polar surface area (TPSA) is 21.3 Å². The van der Waals surface area contributed by atoms with Gasteiger partial charge in [-0.05, 0) is 62.2 Å². The maximum Gasteiger partial charge on any atom is 0.0811 e. The first-order valence-corrected chi connectivity index (χ1v) is 8.80. The molecule has 1 saturated heterocycles. The first-order chi connectivity index (χ1) is 9.39. The third-order valence-electron chi connectivity index (χ3n) is 6.37. The fourth-order valence-corrected chi connectivity index (χ4v) is 4.49. The van der Waals surface area contributed by atoms with Crippen molar-refractivity contribution in [2.45, 2.75) is 90.4 Å². The molecule has 0 aromatic rings. The fourth-order valence-electron chi connectivity index (χ4n) is 4.49. The lowest BCUT2D eigenvalue weighted by atomic mass is 9.69. The molecule has 3 fully saturated rings. The van der Waals surface area contributed by atoms with Crippen molar-refractivity contribution in [2.24, 2.45) is 17.3 Å². The molecule has 2 aliphatic carbocycles. The van der Waals surface area contributed by atoms with E-state index in [-0.39, 0.29) is 5.60 Å². The van der Waals surface area contributed by atoms with Crippen LogP contribution >= 0.6 is 0 Å². The zero-order valence-electron chi connectivity index (χ0n) is 13.9. The van der Waals surface area contributed by atoms with Gasteiger partial charge in [0.1, 0.15) is 0 Å². The highest BCUT2D eigenvalue weighted by Gasteiger charge is 2.46. The predicted molar refractivity (Wildman–Crippen MR) is 83.8 cm³/mol. The van der Waals surface area contributed by atoms with Crippen LogP contribution in [0.5, 0.6) is 0 Å². The Labute approximate surface area is 125 Å². The van der Waals surface area contributed by atoms with Crippen molar-refractivity contribution in [3.63, 3.8) is 0 Å². The van der Waals surface area contributed by atoms with Gasteiger partial charge >= 0.3 is 0 Å². The Kier molecular flexibility index (Phi) is 3.92. The highest BCUT2D eigenvalue weighted by Crippen LogP contribution is 2.45. The third-order valence-corrected chi connectivity index (χ3v) is 6.37. The molecule has 2 nitrogen and oxygen atoms in total. The Balaban J connectivity index is 1.60. The summed E-state index contributed by atoms with van der Waals surface area (Å²) in [6.45, 7) is 10.7. The molecule has 0 aromatic heterocycles. The van der Waals surface area contributed by atoms with Crippen molar-refractivity contribution in [3.8, 4) is 0 Å². The smallest absolute Gasteiger partial charge is 0.0811 e. The molecule has 2 saturated carbocycles. The van der Waals surface area contributed by atoms with Gasteiger partial charge in [0.15, 0.2) is 0 Å². The van der Waals surface area contributed by atoms with Gasteiger partial charge in [0.2, 0.25) is 0 Å². The summed E-state index contributed by atoms with van der Waals surface area (Å²) >= 11 is 0. The molecule has 1 N–H and O–H groups in total. The number of hydrogen-bond donors (Lipinski definition) is 1. The van der Waals surface area contributed by atoms with Crippen LogP contribution in [0, 0.1) is 17.3 Å². The van der Waals surface area contributed by atoms with E-state index in [1.165, 1.54) is 44.9 Å². The Bertz CT molecular complexity index is 339. The maximum absolute atomic E-state index is 6.68. The number of rotatable bonds is 1. The van der Waals surface area contributed by atoms with E-state index in [0.717, 1.165) is 18.4 Å². The van der Waals surface area contributed by atoms with Gasteiger partial charge in [-0.25, -0.2) is 0 Å². The number of hydrogen-bond acceptors (Lipinski definition) is 2. The SMILES string of the molecule is CC(C)C1CCC2OC3(CCC(C)(C)CC3)CNC2C1. The molecule has 3 rings (SSSR count). The van der Waals surface area contributed by atoms with Crippen molar-refractivity contribution < 1.29 is 4.74 Å². The van der Waals surface area contributed by atoms with Gasteiger partial charge in [-0.1, -0.05) is 27.7 Å². The highest BCUT2D eigenvalue weighted by atomic mass is 16.5. The minimum absolute atomic E-state index is 0.168. The van der Waals surface area contributed by atoms with E-state index in [4.69, 9.17) is 4.74 Å². The lowest BCUT2D eigenvalue weighted by Crippen LogP contribution is -2.62. The van der Waals surface area contributed by atoms with Gasteiger partial charge in [-0.2, -0.15) is 0 Å². The second kappa shape index (κ2) is 5.28. The van der Waals surface area contributed by atoms with Crippen LogP contribution in [0.15, 0.2) is 0 Å². The van der Waals surface area contributed by atoms with Crippen LogP contribution in [0.4, 0.5) is 0 Å². The van der Waals surface area contributed by atoms with Gasteiger partial charge in [-0.15, -0.1) is 0 Å². The lowest BCUT2D eigenvalue weighted by Gasteiger charge is -2.52. The molecule has 3 atom stereocenters. The zero-order valence-corrected chi connectivity index (χ0v) is 13.9. The second-order valence-electron chi connectivity index (χ2n) is 8.81. The Morgan fingerprint density at radius 1 is 1.05 bits per heavy atom. The molecule has 20 heavy (non-hydrogen) atoms. The minimum Gasteiger partial charge on any atom is -0.369 e. The second-order valence-corrected chi connectivity index (χ2v) is 8.81. The van der Waals surface area contributed by atoms with E-state index in [2.05, 4.69) is 33.0 Å². The predicted octanol–water partition coefficient (Wildman–Crippen LogP) is 4.14. The van der Waals surface area contributed by atoms with E-state index in [1.807, 2.05) is 0 Å². The Hall–Kier alpha value is -0.0800. The van der Waals surface area contributed by atoms with Gasteiger partial charge in [-0.3, -0.25) is 0 Å². The highest BCUT2D eigenvalue weighted by molar-refractivity contribution is 5.00. The summed E-state index contributed by atoms with van der Waals surface area (Å²) in [6.07, 6.45) is 9.59. The van der Waals surface area contributed by atoms with Crippen LogP contribution in [0.25, 0.3) is 0 Å². The van der Waals surface area contributed by atoms with Gasteiger partial charge in [0, 0.05) is 12.6 Å². The fraction of sp³-hybridized carbons (Fsp3) is 1.00. The zero-order chi connectivity index (χ0) is 14.4. The van der Waals surface area contributed by atoms with Crippen molar-refractivity contribution >= 4 is 0 Å². The summed E-state index contributed by atoms with van der Waals surface area (Å²) in [6, 6.07) is 0.622. The molecule has 116 valence electrons. The molecule has 1 aliphatic heterocycles. The standard InChI is InChI=1S/C18H33NO/c1-13(2)14-5-6-16-15(11-14)19-12-18(20-16)9-7-17(3,4)8-10-18/h13-16,19H,5-12H2,1-4H3. The molecule has 0 radical (unpaired) electrons. The Morgan fingerprint density at radius 2 is 1.75 bits per heavy atom. The molecule has 0 bridgehead atoms. The Morgan fingerprint density at radius 3 is 2.40 bits per heavy atom. The van der Waals surface area contributed by atoms with Crippen LogP contribution in [0.1, 0.15) is 72.6 Å². The summed E-state index contributed by atoms with van der Waals surface area (Å²) < 4.78 is 6.68. The van der Waals surface area contributed by atoms with Gasteiger partial charge in [0.05, 0.1) is 11.7 Å². The number of nitrogens with one attached hydrogen (secondary N) is 1. The van der Waals surface area contributed by atoms with Gasteiger partial charge in [0.25, 0.3) is 0 Å². The summed E-state index contributed by atoms with van der Waals surface area (Å²) in [7, 11) is 0. The van der Waals surface area contributed by atoms with Crippen LogP contribution in [-0.2, 0) is 4.74 Å². The average molecular weight is 279 g/mol. The number of ether oxygens (including phenoxy) is 1. The summed E-state index contributed by atoms with van der Waals surface area (Å²) in [5.41, 5.74) is 0.697. The molecule has 0 amide bonds. The normalized spacial score (nSPS) is 39.8. The van der Waals surface area contributed by atoms with E-state index in [1.54, 1.807) is 0 Å². The monoisotopic (exact) mass is 279 g/mol. The van der Waals surface area contributed by atoms with Crippen molar-refractivity contribution in [2.75, 3.05) is 6.54 Å². The molecule has 3 unspecified atom stereocenters. The molecule has 2 heteroatoms. The average Bonchev–Trinajstić information content (AvgIpc) is 2.42. The number of morpholine rings is 1. The maximum atomic E-state index is 6.68. The largest absolute Gasteiger partial charge is 0.369 e. The summed E-state index contributed by atoms with van der Waals surface area (Å²) in [4.78, 5) is 0. The lowest BCUT2D eigenvalue weighted by molar-refractivity contribution is -0.173. The molecular weight excluding hydrogens is 246 g/mol. The first kappa shape index (κ1) is 14.8. The quantitative estimate of drug-likeness (QED) is 0.779. The van der Waals surface area contributed by atoms with Crippen molar-refractivity contribution in [3.05, 3.63) is 0 Å². The van der Waals surface area contributed by atoms with E-state index in [0.29, 0.717) is 17.6 Å². The van der Waals surface area contributed by atoms with Crippen LogP contribution in [-0.4, -0.2) is 24.3 Å². The molecule has 3 aliphatic rings. The summed E-state index contributed by atoms with van der Waals surface area (Å²) in [5.74, 6) is 1.72. The number of fused-ring (bicyclic) bond motifs is 1. The van der Waals surface area contributed by atoms with E-state index >= 15 is 0 Å². The van der Waals surface area contributed by atoms with Crippen LogP contribution < -0.4 is 5.32 Å². The molecular formula is C18H33NO. The van der Waals surface area contributed by atoms with E-state index in [9.17, 15) is 0 Å². The van der Waals surface area contributed by atoms with Crippen molar-refractivity contribution in [1.29, 1.82) is 0 Å². The minimum atomic E-state index is 0.168. The molecule has 0 aromatic carbocycles. The van der Waals surface area contributed by atoms with Crippen LogP contribution in [0.3, 0.4) is 0 Å². The van der Waals surface area contributed by atoms with E-state index < -0.39 is 0 Å². The van der Waals surface area contributed by atoms with Gasteiger partial charge < -0.3 is 10.1 Å².